The Hall–Kier alpha value is -2.28. The third-order valence-corrected chi connectivity index (χ3v) is 3.68. The largest absolute Gasteiger partial charge is 0.396 e. The first kappa shape index (κ1) is 14.1. The molecule has 0 aliphatic rings. The van der Waals surface area contributed by atoms with Gasteiger partial charge < -0.3 is 11.1 Å². The van der Waals surface area contributed by atoms with E-state index in [-0.39, 0.29) is 16.5 Å². The smallest absolute Gasteiger partial charge is 0.237 e. The van der Waals surface area contributed by atoms with Crippen LogP contribution in [0.25, 0.3) is 0 Å². The number of amides is 1. The van der Waals surface area contributed by atoms with Gasteiger partial charge in [0.1, 0.15) is 11.6 Å². The lowest BCUT2D eigenvalue weighted by Crippen LogP contribution is -2.20. The van der Waals surface area contributed by atoms with Gasteiger partial charge in [0, 0.05) is 11.9 Å². The maximum Gasteiger partial charge on any atom is 0.237 e. The van der Waals surface area contributed by atoms with Crippen LogP contribution < -0.4 is 11.1 Å². The van der Waals surface area contributed by atoms with Crippen LogP contribution in [0.3, 0.4) is 0 Å². The van der Waals surface area contributed by atoms with E-state index < -0.39 is 22.5 Å². The van der Waals surface area contributed by atoms with Gasteiger partial charge in [-0.05, 0) is 30.3 Å². The van der Waals surface area contributed by atoms with Crippen molar-refractivity contribution in [2.75, 3.05) is 16.8 Å². The van der Waals surface area contributed by atoms with E-state index in [0.717, 1.165) is 0 Å². The normalized spacial score (nSPS) is 11.8. The summed E-state index contributed by atoms with van der Waals surface area (Å²) in [5.74, 6) is -1.26. The van der Waals surface area contributed by atoms with Gasteiger partial charge in [-0.15, -0.1) is 0 Å². The highest BCUT2D eigenvalue weighted by Gasteiger charge is 2.14. The van der Waals surface area contributed by atoms with Crippen molar-refractivity contribution in [1.82, 2.24) is 4.98 Å². The summed E-state index contributed by atoms with van der Waals surface area (Å²) in [6.45, 7) is 0. The summed E-state index contributed by atoms with van der Waals surface area (Å²) in [5, 5.41) is 2.63. The SMILES string of the molecule is Nc1cccnc1S(=O)CC(=O)Nc1cccc(F)c1. The van der Waals surface area contributed by atoms with Crippen molar-refractivity contribution in [3.8, 4) is 0 Å². The molecule has 104 valence electrons. The Balaban J connectivity index is 2.02. The Morgan fingerprint density at radius 3 is 2.85 bits per heavy atom. The lowest BCUT2D eigenvalue weighted by molar-refractivity contribution is -0.113. The van der Waals surface area contributed by atoms with Crippen LogP contribution in [0.4, 0.5) is 15.8 Å². The van der Waals surface area contributed by atoms with Crippen LogP contribution in [-0.4, -0.2) is 20.9 Å². The molecule has 1 amide bonds. The fraction of sp³-hybridized carbons (Fsp3) is 0.0769. The standard InChI is InChI=1S/C13H12FN3O2S/c14-9-3-1-4-10(7-9)17-12(18)8-20(19)13-11(15)5-2-6-16-13/h1-7H,8,15H2,(H,17,18). The van der Waals surface area contributed by atoms with Crippen molar-refractivity contribution >= 4 is 28.1 Å². The number of carbonyl (C=O) groups is 1. The van der Waals surface area contributed by atoms with Crippen molar-refractivity contribution in [2.45, 2.75) is 5.03 Å². The molecular formula is C13H12FN3O2S. The van der Waals surface area contributed by atoms with Crippen LogP contribution in [0.2, 0.25) is 0 Å². The minimum atomic E-state index is -1.65. The number of nitrogens with zero attached hydrogens (tertiary/aromatic N) is 1. The summed E-state index contributed by atoms with van der Waals surface area (Å²) in [7, 11) is -1.65. The first-order valence-corrected chi connectivity index (χ1v) is 7.02. The van der Waals surface area contributed by atoms with Gasteiger partial charge in [-0.3, -0.25) is 9.00 Å². The Morgan fingerprint density at radius 1 is 1.35 bits per heavy atom. The number of nitrogen functional groups attached to an aromatic ring is 1. The van der Waals surface area contributed by atoms with Crippen LogP contribution in [0.15, 0.2) is 47.6 Å². The highest BCUT2D eigenvalue weighted by Crippen LogP contribution is 2.13. The zero-order valence-corrected chi connectivity index (χ0v) is 11.2. The van der Waals surface area contributed by atoms with Gasteiger partial charge in [-0.25, -0.2) is 9.37 Å². The molecule has 0 aliphatic heterocycles. The van der Waals surface area contributed by atoms with Gasteiger partial charge in [-0.2, -0.15) is 0 Å². The summed E-state index contributed by atoms with van der Waals surface area (Å²) in [6.07, 6.45) is 1.45. The number of carbonyl (C=O) groups excluding carboxylic acids is 1. The molecule has 0 saturated heterocycles. The number of nitrogens with two attached hydrogens (primary N) is 1. The number of rotatable bonds is 4. The minimum Gasteiger partial charge on any atom is -0.396 e. The average molecular weight is 293 g/mol. The fourth-order valence-electron chi connectivity index (χ4n) is 1.54. The Bertz CT molecular complexity index is 664. The number of pyridine rings is 1. The minimum absolute atomic E-state index is 0.168. The zero-order chi connectivity index (χ0) is 14.5. The summed E-state index contributed by atoms with van der Waals surface area (Å²) >= 11 is 0. The molecule has 2 aromatic rings. The van der Waals surface area contributed by atoms with E-state index in [0.29, 0.717) is 5.69 Å². The Morgan fingerprint density at radius 2 is 2.15 bits per heavy atom. The van der Waals surface area contributed by atoms with Gasteiger partial charge in [0.2, 0.25) is 5.91 Å². The number of anilines is 2. The molecule has 7 heteroatoms. The second-order valence-electron chi connectivity index (χ2n) is 3.95. The number of hydrogen-bond acceptors (Lipinski definition) is 4. The Kier molecular flexibility index (Phi) is 4.41. The maximum atomic E-state index is 13.0. The van der Waals surface area contributed by atoms with E-state index in [1.807, 2.05) is 0 Å². The lowest BCUT2D eigenvalue weighted by atomic mass is 10.3. The zero-order valence-electron chi connectivity index (χ0n) is 10.4. The van der Waals surface area contributed by atoms with E-state index in [1.54, 1.807) is 18.2 Å². The molecule has 2 rings (SSSR count). The van der Waals surface area contributed by atoms with Crippen LogP contribution in [-0.2, 0) is 15.6 Å². The first-order chi connectivity index (χ1) is 9.56. The van der Waals surface area contributed by atoms with Gasteiger partial charge in [0.15, 0.2) is 5.03 Å². The van der Waals surface area contributed by atoms with Crippen molar-refractivity contribution in [3.05, 3.63) is 48.4 Å². The topological polar surface area (TPSA) is 85.1 Å². The molecule has 0 spiro atoms. The van der Waals surface area contributed by atoms with Gasteiger partial charge in [0.25, 0.3) is 0 Å². The van der Waals surface area contributed by atoms with Crippen molar-refractivity contribution in [3.63, 3.8) is 0 Å². The second-order valence-corrected chi connectivity index (χ2v) is 5.31. The molecule has 0 aliphatic carbocycles. The van der Waals surface area contributed by atoms with Crippen LogP contribution >= 0.6 is 0 Å². The van der Waals surface area contributed by atoms with Crippen molar-refractivity contribution in [2.24, 2.45) is 0 Å². The molecule has 0 bridgehead atoms. The molecule has 1 aromatic heterocycles. The molecule has 1 unspecified atom stereocenters. The van der Waals surface area contributed by atoms with Gasteiger partial charge in [0.05, 0.1) is 16.5 Å². The molecule has 1 atom stereocenters. The van der Waals surface area contributed by atoms with Crippen molar-refractivity contribution < 1.29 is 13.4 Å². The molecule has 0 fully saturated rings. The molecule has 1 aromatic carbocycles. The van der Waals surface area contributed by atoms with E-state index in [4.69, 9.17) is 5.73 Å². The Labute approximate surface area is 117 Å². The third kappa shape index (κ3) is 3.61. The van der Waals surface area contributed by atoms with Crippen LogP contribution in [0.1, 0.15) is 0 Å². The number of nitrogens with one attached hydrogen (secondary N) is 1. The summed E-state index contributed by atoms with van der Waals surface area (Å²) in [5.41, 5.74) is 6.21. The molecule has 1 heterocycles. The van der Waals surface area contributed by atoms with E-state index in [9.17, 15) is 13.4 Å². The summed E-state index contributed by atoms with van der Waals surface area (Å²) in [6, 6.07) is 8.63. The van der Waals surface area contributed by atoms with Crippen LogP contribution in [0.5, 0.6) is 0 Å². The second kappa shape index (κ2) is 6.25. The molecule has 20 heavy (non-hydrogen) atoms. The average Bonchev–Trinajstić information content (AvgIpc) is 2.38. The molecule has 0 saturated carbocycles. The number of aromatic nitrogens is 1. The number of halogens is 1. The third-order valence-electron chi connectivity index (χ3n) is 2.39. The maximum absolute atomic E-state index is 13.0. The van der Waals surface area contributed by atoms with E-state index in [2.05, 4.69) is 10.3 Å². The molecule has 5 nitrogen and oxygen atoms in total. The fourth-order valence-corrected chi connectivity index (χ4v) is 2.50. The molecular weight excluding hydrogens is 281 g/mol. The first-order valence-electron chi connectivity index (χ1n) is 5.70. The molecule has 3 N–H and O–H groups in total. The highest BCUT2D eigenvalue weighted by atomic mass is 32.2. The number of benzene rings is 1. The van der Waals surface area contributed by atoms with Crippen LogP contribution in [0, 0.1) is 5.82 Å². The van der Waals surface area contributed by atoms with E-state index in [1.165, 1.54) is 24.4 Å². The number of hydrogen-bond donors (Lipinski definition) is 2. The predicted molar refractivity (Wildman–Crippen MR) is 75.0 cm³/mol. The molecule has 0 radical (unpaired) electrons. The lowest BCUT2D eigenvalue weighted by Gasteiger charge is -2.06. The predicted octanol–water partition coefficient (Wildman–Crippen LogP) is 1.55. The van der Waals surface area contributed by atoms with Gasteiger partial charge in [-0.1, -0.05) is 6.07 Å². The highest BCUT2D eigenvalue weighted by molar-refractivity contribution is 7.85. The summed E-state index contributed by atoms with van der Waals surface area (Å²) in [4.78, 5) is 15.6. The van der Waals surface area contributed by atoms with Gasteiger partial charge >= 0.3 is 0 Å². The monoisotopic (exact) mass is 293 g/mol. The van der Waals surface area contributed by atoms with Crippen molar-refractivity contribution in [1.29, 1.82) is 0 Å². The summed E-state index contributed by atoms with van der Waals surface area (Å²) < 4.78 is 24.9. The van der Waals surface area contributed by atoms with E-state index >= 15 is 0 Å². The quantitative estimate of drug-likeness (QED) is 0.895.